The summed E-state index contributed by atoms with van der Waals surface area (Å²) in [5.74, 6) is 0.472. The van der Waals surface area contributed by atoms with Crippen molar-refractivity contribution < 1.29 is 65.8 Å². The zero-order chi connectivity index (χ0) is 26.5. The van der Waals surface area contributed by atoms with Crippen LogP contribution in [0.25, 0.3) is 22.4 Å². The number of furan rings is 1. The van der Waals surface area contributed by atoms with Crippen molar-refractivity contribution in [1.82, 2.24) is 14.5 Å². The average molecular weight is 572 g/mol. The summed E-state index contributed by atoms with van der Waals surface area (Å²) in [6.45, 7) is -0.972. The Morgan fingerprint density at radius 2 is 1.78 bits per heavy atom. The number of nitrogens with zero attached hydrogens (tertiary/aromatic N) is 3. The van der Waals surface area contributed by atoms with E-state index in [1.54, 1.807) is 12.1 Å². The Hall–Kier alpha value is -2.01. The lowest BCUT2D eigenvalue weighted by molar-refractivity contribution is -0.0500. The SMILES string of the molecule is Nc1ncnc2c1c(-c1ccco1)cn2[C@@H]1O[C@H](COP(=O)(O)OP(=O)(O)OP(=O)(O)O)C(O)[C@@H]1O. The number of aromatic nitrogens is 3. The molecule has 1 aliphatic rings. The van der Waals surface area contributed by atoms with Crippen LogP contribution in [0, 0.1) is 0 Å². The number of hydrogen-bond acceptors (Lipinski definition) is 13. The molecule has 21 heteroatoms. The van der Waals surface area contributed by atoms with Crippen LogP contribution < -0.4 is 5.73 Å². The van der Waals surface area contributed by atoms with Gasteiger partial charge in [-0.05, 0) is 12.1 Å². The maximum absolute atomic E-state index is 12.0. The minimum absolute atomic E-state index is 0.0856. The minimum atomic E-state index is -5.73. The summed E-state index contributed by atoms with van der Waals surface area (Å²) < 4.78 is 58.2. The number of fused-ring (bicyclic) bond motifs is 1. The van der Waals surface area contributed by atoms with E-state index in [1.807, 2.05) is 0 Å². The largest absolute Gasteiger partial charge is 0.490 e. The second kappa shape index (κ2) is 9.70. The average Bonchev–Trinajstić information content (AvgIpc) is 3.44. The predicted molar refractivity (Wildman–Crippen MR) is 115 cm³/mol. The van der Waals surface area contributed by atoms with Gasteiger partial charge < -0.3 is 49.2 Å². The fourth-order valence-electron chi connectivity index (χ4n) is 3.49. The fourth-order valence-corrected chi connectivity index (χ4v) is 6.52. The van der Waals surface area contributed by atoms with Crippen LogP contribution in [-0.2, 0) is 31.6 Å². The van der Waals surface area contributed by atoms with Crippen molar-refractivity contribution >= 4 is 40.3 Å². The molecule has 4 rings (SSSR count). The highest BCUT2D eigenvalue weighted by Crippen LogP contribution is 2.66. The number of rotatable bonds is 9. The standard InChI is InChI=1S/C15H19N4O14P3/c16-13-10-7(8-2-1-3-29-8)4-19(14(10)18-6-17-13)15-12(21)11(20)9(31-15)5-30-35(25,26)33-36(27,28)32-34(22,23)24/h1-4,6,9,11-12,15,20-21H,5H2,(H,25,26)(H,27,28)(H2,16,17,18)(H2,22,23,24)/t9-,11?,12+,15-/m1/s1. The molecule has 0 amide bonds. The first-order valence-electron chi connectivity index (χ1n) is 9.62. The molecule has 8 N–H and O–H groups in total. The molecular formula is C15H19N4O14P3. The Labute approximate surface area is 200 Å². The van der Waals surface area contributed by atoms with Gasteiger partial charge in [0, 0.05) is 11.8 Å². The van der Waals surface area contributed by atoms with Crippen LogP contribution in [0.2, 0.25) is 0 Å². The Kier molecular flexibility index (Phi) is 7.29. The number of phosphoric ester groups is 1. The highest BCUT2D eigenvalue weighted by Gasteiger charge is 2.47. The number of aliphatic hydroxyl groups excluding tert-OH is 2. The summed E-state index contributed by atoms with van der Waals surface area (Å²) in [4.78, 5) is 44.1. The first-order chi connectivity index (χ1) is 16.7. The number of nitrogen functional groups attached to an aromatic ring is 1. The van der Waals surface area contributed by atoms with E-state index >= 15 is 0 Å². The Morgan fingerprint density at radius 1 is 1.06 bits per heavy atom. The first kappa shape index (κ1) is 27.0. The molecule has 36 heavy (non-hydrogen) atoms. The van der Waals surface area contributed by atoms with Gasteiger partial charge in [0.1, 0.15) is 41.9 Å². The van der Waals surface area contributed by atoms with Crippen LogP contribution in [0.1, 0.15) is 6.23 Å². The first-order valence-corrected chi connectivity index (χ1v) is 14.1. The van der Waals surface area contributed by atoms with Crippen molar-refractivity contribution in [2.24, 2.45) is 0 Å². The van der Waals surface area contributed by atoms with E-state index in [0.29, 0.717) is 16.7 Å². The van der Waals surface area contributed by atoms with E-state index in [4.69, 9.17) is 24.7 Å². The van der Waals surface area contributed by atoms with E-state index in [1.165, 1.54) is 17.0 Å². The highest BCUT2D eigenvalue weighted by molar-refractivity contribution is 7.66. The summed E-state index contributed by atoms with van der Waals surface area (Å²) >= 11 is 0. The van der Waals surface area contributed by atoms with Gasteiger partial charge >= 0.3 is 23.5 Å². The van der Waals surface area contributed by atoms with Gasteiger partial charge in [-0.3, -0.25) is 4.52 Å². The second-order valence-electron chi connectivity index (χ2n) is 7.32. The molecule has 3 aromatic rings. The molecule has 0 aliphatic carbocycles. The summed E-state index contributed by atoms with van der Waals surface area (Å²) in [6, 6.07) is 3.26. The van der Waals surface area contributed by atoms with Gasteiger partial charge in [0.25, 0.3) is 0 Å². The third kappa shape index (κ3) is 5.77. The smallest absolute Gasteiger partial charge is 0.464 e. The lowest BCUT2D eigenvalue weighted by Gasteiger charge is -2.19. The number of hydrogen-bond donors (Lipinski definition) is 7. The van der Waals surface area contributed by atoms with Crippen LogP contribution in [-0.4, -0.2) is 69.2 Å². The molecular weight excluding hydrogens is 553 g/mol. The van der Waals surface area contributed by atoms with Crippen LogP contribution >= 0.6 is 23.5 Å². The van der Waals surface area contributed by atoms with Gasteiger partial charge in [0.05, 0.1) is 18.3 Å². The zero-order valence-corrected chi connectivity index (χ0v) is 20.3. The van der Waals surface area contributed by atoms with Crippen LogP contribution in [0.15, 0.2) is 35.3 Å². The lowest BCUT2D eigenvalue weighted by atomic mass is 10.1. The summed E-state index contributed by atoms with van der Waals surface area (Å²) in [7, 11) is -16.8. The van der Waals surface area contributed by atoms with Gasteiger partial charge in [-0.15, -0.1) is 0 Å². The fraction of sp³-hybridized carbons (Fsp3) is 0.333. The number of nitrogens with two attached hydrogens (primary N) is 1. The van der Waals surface area contributed by atoms with E-state index in [2.05, 4.69) is 23.1 Å². The summed E-state index contributed by atoms with van der Waals surface area (Å²) in [6.07, 6.45) is -2.10. The normalized spacial score (nSPS) is 26.2. The third-order valence-corrected chi connectivity index (χ3v) is 8.66. The Morgan fingerprint density at radius 3 is 2.42 bits per heavy atom. The number of ether oxygens (including phenoxy) is 1. The molecule has 0 radical (unpaired) electrons. The van der Waals surface area contributed by atoms with Gasteiger partial charge in [-0.1, -0.05) is 0 Å². The summed E-state index contributed by atoms with van der Waals surface area (Å²) in [5, 5.41) is 21.3. The molecule has 0 bridgehead atoms. The number of aliphatic hydroxyl groups is 2. The quantitative estimate of drug-likeness (QED) is 0.169. The van der Waals surface area contributed by atoms with Crippen molar-refractivity contribution in [3.05, 3.63) is 30.9 Å². The van der Waals surface area contributed by atoms with E-state index in [0.717, 1.165) is 6.33 Å². The molecule has 1 saturated heterocycles. The van der Waals surface area contributed by atoms with Gasteiger partial charge in [0.2, 0.25) is 0 Å². The molecule has 3 aromatic heterocycles. The Balaban J connectivity index is 1.54. The van der Waals surface area contributed by atoms with Crippen molar-refractivity contribution in [3.63, 3.8) is 0 Å². The molecule has 1 fully saturated rings. The maximum atomic E-state index is 12.0. The molecule has 1 aliphatic heterocycles. The van der Waals surface area contributed by atoms with Crippen molar-refractivity contribution in [2.45, 2.75) is 24.5 Å². The Bertz CT molecular complexity index is 1390. The van der Waals surface area contributed by atoms with E-state index in [9.17, 15) is 33.7 Å². The van der Waals surface area contributed by atoms with Crippen LogP contribution in [0.3, 0.4) is 0 Å². The van der Waals surface area contributed by atoms with Crippen molar-refractivity contribution in [3.8, 4) is 11.3 Å². The molecule has 0 saturated carbocycles. The van der Waals surface area contributed by atoms with Crippen molar-refractivity contribution in [2.75, 3.05) is 12.3 Å². The monoisotopic (exact) mass is 572 g/mol. The summed E-state index contributed by atoms with van der Waals surface area (Å²) in [5.41, 5.74) is 6.63. The second-order valence-corrected chi connectivity index (χ2v) is 11.7. The van der Waals surface area contributed by atoms with Crippen LogP contribution in [0.4, 0.5) is 5.82 Å². The van der Waals surface area contributed by atoms with Crippen molar-refractivity contribution in [1.29, 1.82) is 0 Å². The molecule has 0 aromatic carbocycles. The molecule has 4 heterocycles. The molecule has 18 nitrogen and oxygen atoms in total. The highest BCUT2D eigenvalue weighted by atomic mass is 31.3. The maximum Gasteiger partial charge on any atom is 0.490 e. The van der Waals surface area contributed by atoms with Gasteiger partial charge in [0.15, 0.2) is 6.23 Å². The molecule has 6 atom stereocenters. The lowest BCUT2D eigenvalue weighted by Crippen LogP contribution is -2.33. The van der Waals surface area contributed by atoms with Gasteiger partial charge in [-0.2, -0.15) is 8.62 Å². The predicted octanol–water partition coefficient (Wildman–Crippen LogP) is 0.236. The number of anilines is 1. The number of phosphoric acid groups is 3. The van der Waals surface area contributed by atoms with Gasteiger partial charge in [-0.25, -0.2) is 23.7 Å². The third-order valence-electron chi connectivity index (χ3n) is 4.85. The van der Waals surface area contributed by atoms with E-state index < -0.39 is 54.6 Å². The van der Waals surface area contributed by atoms with Crippen LogP contribution in [0.5, 0.6) is 0 Å². The molecule has 0 spiro atoms. The minimum Gasteiger partial charge on any atom is -0.464 e. The zero-order valence-electron chi connectivity index (χ0n) is 17.6. The van der Waals surface area contributed by atoms with E-state index in [-0.39, 0.29) is 11.5 Å². The molecule has 3 unspecified atom stereocenters. The topological polar surface area (TPSA) is 279 Å². The molecule has 198 valence electrons.